The highest BCUT2D eigenvalue weighted by molar-refractivity contribution is 5.91. The molecule has 1 aliphatic rings. The molecule has 2 amide bonds. The van der Waals surface area contributed by atoms with E-state index in [0.29, 0.717) is 25.9 Å². The number of carbonyl (C=O) groups is 2. The molecule has 8 nitrogen and oxygen atoms in total. The third-order valence-corrected chi connectivity index (χ3v) is 4.09. The monoisotopic (exact) mass is 320 g/mol. The maximum atomic E-state index is 12.1. The Morgan fingerprint density at radius 2 is 1.83 bits per heavy atom. The van der Waals surface area contributed by atoms with Crippen molar-refractivity contribution in [3.05, 3.63) is 38.7 Å². The van der Waals surface area contributed by atoms with E-state index in [-0.39, 0.29) is 23.3 Å². The molecule has 8 heteroatoms. The summed E-state index contributed by atoms with van der Waals surface area (Å²) in [4.78, 5) is 48.4. The number of aryl methyl sites for hydroxylation is 1. The Balaban J connectivity index is 2.10. The second-order valence-corrected chi connectivity index (χ2v) is 5.68. The van der Waals surface area contributed by atoms with Crippen LogP contribution < -0.4 is 17.0 Å². The predicted molar refractivity (Wildman–Crippen MR) is 84.5 cm³/mol. The minimum atomic E-state index is -0.454. The summed E-state index contributed by atoms with van der Waals surface area (Å²) in [6, 6.07) is 0. The molecule has 0 aromatic carbocycles. The van der Waals surface area contributed by atoms with Crippen molar-refractivity contribution in [2.75, 3.05) is 13.1 Å². The van der Waals surface area contributed by atoms with Crippen LogP contribution in [0, 0.1) is 5.92 Å². The van der Waals surface area contributed by atoms with E-state index >= 15 is 0 Å². The average Bonchev–Trinajstić information content (AvgIpc) is 2.54. The van der Waals surface area contributed by atoms with E-state index in [0.717, 1.165) is 4.57 Å². The summed E-state index contributed by atoms with van der Waals surface area (Å²) in [6.45, 7) is 0.921. The molecule has 2 N–H and O–H groups in total. The number of nitrogens with two attached hydrogens (primary N) is 1. The standard InChI is InChI=1S/C15H20N4O4/c1-17-9-11(14(22)18(2)15(17)23)3-4-12(20)19-7-5-10(6-8-19)13(16)21/h3-4,9-10H,5-8H2,1-2H3,(H2,16,21)/b4-3+. The Bertz CT molecular complexity index is 767. The van der Waals surface area contributed by atoms with Crippen LogP contribution in [0.25, 0.3) is 6.08 Å². The van der Waals surface area contributed by atoms with Gasteiger partial charge in [0.05, 0.1) is 5.56 Å². The Labute approximate surface area is 132 Å². The van der Waals surface area contributed by atoms with Gasteiger partial charge in [-0.05, 0) is 18.9 Å². The molecule has 0 aliphatic carbocycles. The van der Waals surface area contributed by atoms with Crippen LogP contribution in [0.15, 0.2) is 21.9 Å². The first-order valence-corrected chi connectivity index (χ1v) is 7.34. The molecule has 0 atom stereocenters. The van der Waals surface area contributed by atoms with E-state index in [1.807, 2.05) is 0 Å². The summed E-state index contributed by atoms with van der Waals surface area (Å²) in [6.07, 6.45) is 5.22. The first-order valence-electron chi connectivity index (χ1n) is 7.34. The molecule has 0 spiro atoms. The van der Waals surface area contributed by atoms with Crippen molar-refractivity contribution in [2.24, 2.45) is 25.7 Å². The van der Waals surface area contributed by atoms with E-state index in [1.165, 1.54) is 37.0 Å². The summed E-state index contributed by atoms with van der Waals surface area (Å²) in [5.74, 6) is -0.746. The quantitative estimate of drug-likeness (QED) is 0.707. The van der Waals surface area contributed by atoms with Crippen molar-refractivity contribution in [3.63, 3.8) is 0 Å². The number of amides is 2. The fraction of sp³-hybridized carbons (Fsp3) is 0.467. The molecule has 1 aliphatic heterocycles. The van der Waals surface area contributed by atoms with Gasteiger partial charge in [-0.3, -0.25) is 19.0 Å². The molecular formula is C15H20N4O4. The number of carbonyl (C=O) groups excluding carboxylic acids is 2. The Morgan fingerprint density at radius 1 is 1.22 bits per heavy atom. The third kappa shape index (κ3) is 3.58. The highest BCUT2D eigenvalue weighted by Crippen LogP contribution is 2.16. The average molecular weight is 320 g/mol. The molecule has 0 radical (unpaired) electrons. The van der Waals surface area contributed by atoms with E-state index in [4.69, 9.17) is 5.73 Å². The number of hydrogen-bond acceptors (Lipinski definition) is 4. The zero-order valence-electron chi connectivity index (χ0n) is 13.2. The van der Waals surface area contributed by atoms with Gasteiger partial charge in [0, 0.05) is 45.4 Å². The number of hydrogen-bond donors (Lipinski definition) is 1. The minimum Gasteiger partial charge on any atom is -0.369 e. The number of piperidine rings is 1. The SMILES string of the molecule is Cn1cc(/C=C/C(=O)N2CCC(C(N)=O)CC2)c(=O)n(C)c1=O. The van der Waals surface area contributed by atoms with E-state index in [2.05, 4.69) is 0 Å². The zero-order chi connectivity index (χ0) is 17.1. The molecule has 1 aromatic rings. The van der Waals surface area contributed by atoms with Gasteiger partial charge in [-0.2, -0.15) is 0 Å². The lowest BCUT2D eigenvalue weighted by molar-refractivity contribution is -0.130. The molecular weight excluding hydrogens is 300 g/mol. The first-order chi connectivity index (χ1) is 10.8. The second kappa shape index (κ2) is 6.64. The lowest BCUT2D eigenvalue weighted by atomic mass is 9.96. The molecule has 0 unspecified atom stereocenters. The molecule has 1 saturated heterocycles. The Kier molecular flexibility index (Phi) is 4.83. The van der Waals surface area contributed by atoms with Crippen molar-refractivity contribution in [2.45, 2.75) is 12.8 Å². The molecule has 2 rings (SSSR count). The topological polar surface area (TPSA) is 107 Å². The van der Waals surface area contributed by atoms with Gasteiger partial charge < -0.3 is 15.2 Å². The normalized spacial score (nSPS) is 16.0. The van der Waals surface area contributed by atoms with Gasteiger partial charge in [-0.25, -0.2) is 4.79 Å². The Morgan fingerprint density at radius 3 is 2.39 bits per heavy atom. The largest absolute Gasteiger partial charge is 0.369 e. The molecule has 0 saturated carbocycles. The van der Waals surface area contributed by atoms with Crippen LogP contribution >= 0.6 is 0 Å². The van der Waals surface area contributed by atoms with Gasteiger partial charge in [0.25, 0.3) is 5.56 Å². The van der Waals surface area contributed by atoms with E-state index in [1.54, 1.807) is 4.90 Å². The molecule has 2 heterocycles. The van der Waals surface area contributed by atoms with Crippen LogP contribution in [0.4, 0.5) is 0 Å². The van der Waals surface area contributed by atoms with E-state index < -0.39 is 11.2 Å². The second-order valence-electron chi connectivity index (χ2n) is 5.68. The van der Waals surface area contributed by atoms with Crippen molar-refractivity contribution in [1.82, 2.24) is 14.0 Å². The van der Waals surface area contributed by atoms with Gasteiger partial charge in [0.1, 0.15) is 0 Å². The van der Waals surface area contributed by atoms with Gasteiger partial charge in [0.2, 0.25) is 11.8 Å². The van der Waals surface area contributed by atoms with Crippen LogP contribution in [0.5, 0.6) is 0 Å². The van der Waals surface area contributed by atoms with Crippen molar-refractivity contribution in [1.29, 1.82) is 0 Å². The number of rotatable bonds is 3. The minimum absolute atomic E-state index is 0.182. The van der Waals surface area contributed by atoms with Crippen LogP contribution in [0.2, 0.25) is 0 Å². The fourth-order valence-electron chi connectivity index (χ4n) is 2.60. The van der Waals surface area contributed by atoms with Crippen molar-refractivity contribution >= 4 is 17.9 Å². The van der Waals surface area contributed by atoms with Crippen LogP contribution in [-0.2, 0) is 23.7 Å². The fourth-order valence-corrected chi connectivity index (χ4v) is 2.60. The maximum Gasteiger partial charge on any atom is 0.330 e. The summed E-state index contributed by atoms with van der Waals surface area (Å²) < 4.78 is 2.27. The molecule has 23 heavy (non-hydrogen) atoms. The van der Waals surface area contributed by atoms with E-state index in [9.17, 15) is 19.2 Å². The summed E-state index contributed by atoms with van der Waals surface area (Å²) in [5.41, 5.74) is 4.64. The van der Waals surface area contributed by atoms with Gasteiger partial charge >= 0.3 is 5.69 Å². The van der Waals surface area contributed by atoms with Crippen molar-refractivity contribution in [3.8, 4) is 0 Å². The zero-order valence-corrected chi connectivity index (χ0v) is 13.2. The van der Waals surface area contributed by atoms with Crippen LogP contribution in [-0.4, -0.2) is 38.9 Å². The molecule has 124 valence electrons. The van der Waals surface area contributed by atoms with Gasteiger partial charge in [-0.15, -0.1) is 0 Å². The van der Waals surface area contributed by atoms with Crippen LogP contribution in [0.3, 0.4) is 0 Å². The summed E-state index contributed by atoms with van der Waals surface area (Å²) >= 11 is 0. The lowest BCUT2D eigenvalue weighted by Gasteiger charge is -2.29. The molecule has 1 fully saturated rings. The number of nitrogens with zero attached hydrogens (tertiary/aromatic N) is 3. The first kappa shape index (κ1) is 16.7. The number of primary amides is 1. The highest BCUT2D eigenvalue weighted by atomic mass is 16.2. The lowest BCUT2D eigenvalue weighted by Crippen LogP contribution is -2.41. The highest BCUT2D eigenvalue weighted by Gasteiger charge is 2.24. The van der Waals surface area contributed by atoms with Crippen molar-refractivity contribution < 1.29 is 9.59 Å². The van der Waals surface area contributed by atoms with Gasteiger partial charge in [0.15, 0.2) is 0 Å². The number of likely N-dealkylation sites (tertiary alicyclic amines) is 1. The third-order valence-electron chi connectivity index (χ3n) is 4.09. The molecule has 0 bridgehead atoms. The smallest absolute Gasteiger partial charge is 0.330 e. The van der Waals surface area contributed by atoms with Gasteiger partial charge in [-0.1, -0.05) is 0 Å². The summed E-state index contributed by atoms with van der Waals surface area (Å²) in [5, 5.41) is 0. The molecule has 1 aromatic heterocycles. The summed E-state index contributed by atoms with van der Waals surface area (Å²) in [7, 11) is 2.92. The maximum absolute atomic E-state index is 12.1. The Hall–Kier alpha value is -2.64. The van der Waals surface area contributed by atoms with Crippen LogP contribution in [0.1, 0.15) is 18.4 Å². The number of aromatic nitrogens is 2. The predicted octanol–water partition coefficient (Wildman–Crippen LogP) is -1.18.